The number of likely N-dealkylation sites (tertiary alicyclic amines) is 1. The van der Waals surface area contributed by atoms with E-state index in [1.165, 1.54) is 18.4 Å². The van der Waals surface area contributed by atoms with E-state index in [1.807, 2.05) is 24.3 Å². The van der Waals surface area contributed by atoms with Gasteiger partial charge in [0.05, 0.1) is 12.7 Å². The van der Waals surface area contributed by atoms with Crippen molar-refractivity contribution in [2.45, 2.75) is 50.5 Å². The highest BCUT2D eigenvalue weighted by Crippen LogP contribution is 2.42. The summed E-state index contributed by atoms with van der Waals surface area (Å²) in [6.45, 7) is 5.36. The third-order valence-corrected chi connectivity index (χ3v) is 5.92. The minimum absolute atomic E-state index is 0.0525. The Bertz CT molecular complexity index is 679. The second-order valence-electron chi connectivity index (χ2n) is 7.73. The van der Waals surface area contributed by atoms with Crippen molar-refractivity contribution in [2.24, 2.45) is 0 Å². The fraction of sp³-hybridized carbons (Fsp3) is 0.500. The molecule has 146 valence electrons. The van der Waals surface area contributed by atoms with Gasteiger partial charge in [0.15, 0.2) is 0 Å². The number of aliphatic hydroxyl groups is 1. The third-order valence-electron chi connectivity index (χ3n) is 5.92. The molecule has 0 spiro atoms. The Labute approximate surface area is 164 Å². The van der Waals surface area contributed by atoms with E-state index in [0.717, 1.165) is 50.2 Å². The van der Waals surface area contributed by atoms with E-state index >= 15 is 0 Å². The molecule has 1 aliphatic rings. The summed E-state index contributed by atoms with van der Waals surface area (Å²) in [5.41, 5.74) is 1.33. The number of benzene rings is 2. The van der Waals surface area contributed by atoms with Crippen LogP contribution < -0.4 is 4.74 Å². The van der Waals surface area contributed by atoms with Gasteiger partial charge in [-0.25, -0.2) is 0 Å². The third kappa shape index (κ3) is 4.72. The van der Waals surface area contributed by atoms with E-state index < -0.39 is 5.60 Å². The lowest BCUT2D eigenvalue weighted by atomic mass is 9.74. The van der Waals surface area contributed by atoms with Gasteiger partial charge in [0.25, 0.3) is 0 Å². The van der Waals surface area contributed by atoms with Gasteiger partial charge in [-0.15, -0.1) is 0 Å². The Morgan fingerprint density at radius 3 is 2.30 bits per heavy atom. The van der Waals surface area contributed by atoms with E-state index in [-0.39, 0.29) is 5.92 Å². The minimum atomic E-state index is -0.883. The fourth-order valence-electron chi connectivity index (χ4n) is 4.29. The lowest BCUT2D eigenvalue weighted by Crippen LogP contribution is -2.40. The molecular weight excluding hydrogens is 334 g/mol. The second-order valence-corrected chi connectivity index (χ2v) is 7.73. The van der Waals surface area contributed by atoms with Crippen LogP contribution in [0.2, 0.25) is 0 Å². The van der Waals surface area contributed by atoms with Crippen LogP contribution in [0.5, 0.6) is 5.75 Å². The van der Waals surface area contributed by atoms with Gasteiger partial charge in [-0.05, 0) is 55.6 Å². The molecule has 1 fully saturated rings. The highest BCUT2D eigenvalue weighted by molar-refractivity contribution is 5.35. The van der Waals surface area contributed by atoms with Gasteiger partial charge in [-0.2, -0.15) is 0 Å². The number of rotatable bonds is 9. The summed E-state index contributed by atoms with van der Waals surface area (Å²) in [6, 6.07) is 18.6. The zero-order valence-corrected chi connectivity index (χ0v) is 16.7. The molecule has 0 aliphatic carbocycles. The molecule has 1 N–H and O–H groups in total. The molecule has 2 unspecified atom stereocenters. The molecule has 3 nitrogen and oxygen atoms in total. The van der Waals surface area contributed by atoms with E-state index in [4.69, 9.17) is 4.74 Å². The maximum Gasteiger partial charge on any atom is 0.118 e. The molecule has 3 rings (SSSR count). The van der Waals surface area contributed by atoms with Crippen LogP contribution in [0.4, 0.5) is 0 Å². The zero-order chi connectivity index (χ0) is 19.1. The molecule has 1 saturated heterocycles. The summed E-state index contributed by atoms with van der Waals surface area (Å²) in [7, 11) is 1.68. The van der Waals surface area contributed by atoms with Crippen LogP contribution >= 0.6 is 0 Å². The smallest absolute Gasteiger partial charge is 0.118 e. The summed E-state index contributed by atoms with van der Waals surface area (Å²) in [5, 5.41) is 12.1. The van der Waals surface area contributed by atoms with Crippen molar-refractivity contribution >= 4 is 0 Å². The van der Waals surface area contributed by atoms with Gasteiger partial charge in [-0.1, -0.05) is 62.2 Å². The van der Waals surface area contributed by atoms with E-state index in [1.54, 1.807) is 7.11 Å². The fourth-order valence-corrected chi connectivity index (χ4v) is 4.29. The number of nitrogens with zero attached hydrogens (tertiary/aromatic N) is 1. The van der Waals surface area contributed by atoms with Crippen LogP contribution in [0.3, 0.4) is 0 Å². The van der Waals surface area contributed by atoms with Crippen LogP contribution in [0.1, 0.15) is 56.1 Å². The first-order valence-electron chi connectivity index (χ1n) is 10.3. The summed E-state index contributed by atoms with van der Waals surface area (Å²) < 4.78 is 5.33. The van der Waals surface area contributed by atoms with Gasteiger partial charge >= 0.3 is 0 Å². The molecule has 0 amide bonds. The average Bonchev–Trinajstić information content (AvgIpc) is 3.24. The lowest BCUT2D eigenvalue weighted by molar-refractivity contribution is -0.0130. The number of hydrogen-bond donors (Lipinski definition) is 1. The van der Waals surface area contributed by atoms with Crippen LogP contribution in [-0.2, 0) is 5.60 Å². The molecule has 0 radical (unpaired) electrons. The van der Waals surface area contributed by atoms with Crippen LogP contribution in [0.25, 0.3) is 0 Å². The molecule has 0 aromatic heterocycles. The van der Waals surface area contributed by atoms with Crippen molar-refractivity contribution in [2.75, 3.05) is 26.7 Å². The van der Waals surface area contributed by atoms with Gasteiger partial charge in [0, 0.05) is 12.5 Å². The highest BCUT2D eigenvalue weighted by Gasteiger charge is 2.40. The van der Waals surface area contributed by atoms with Gasteiger partial charge in [0.2, 0.25) is 0 Å². The summed E-state index contributed by atoms with van der Waals surface area (Å²) in [6.07, 6.45) is 5.37. The molecule has 2 aromatic rings. The number of unbranched alkanes of at least 4 members (excludes halogenated alkanes) is 1. The largest absolute Gasteiger partial charge is 0.497 e. The average molecular weight is 368 g/mol. The maximum absolute atomic E-state index is 12.1. The van der Waals surface area contributed by atoms with E-state index in [9.17, 15) is 5.11 Å². The quantitative estimate of drug-likeness (QED) is 0.680. The van der Waals surface area contributed by atoms with Crippen LogP contribution in [-0.4, -0.2) is 36.8 Å². The van der Waals surface area contributed by atoms with Crippen LogP contribution in [0, 0.1) is 0 Å². The monoisotopic (exact) mass is 367 g/mol. The first-order chi connectivity index (χ1) is 13.2. The van der Waals surface area contributed by atoms with Crippen LogP contribution in [0.15, 0.2) is 54.6 Å². The number of ether oxygens (including phenoxy) is 1. The van der Waals surface area contributed by atoms with Crippen molar-refractivity contribution in [1.29, 1.82) is 0 Å². The standard InChI is InChI=1S/C24H33NO2/c1-3-4-16-24(26,21-12-14-22(27-2)15-13-21)23(19-25-17-8-9-18-25)20-10-6-5-7-11-20/h5-7,10-15,23,26H,3-4,8-9,16-19H2,1-2H3. The predicted molar refractivity (Wildman–Crippen MR) is 111 cm³/mol. The van der Waals surface area contributed by atoms with Crippen molar-refractivity contribution in [3.8, 4) is 5.75 Å². The maximum atomic E-state index is 12.1. The first kappa shape index (κ1) is 19.9. The Kier molecular flexibility index (Phi) is 6.92. The molecule has 27 heavy (non-hydrogen) atoms. The van der Waals surface area contributed by atoms with E-state index in [2.05, 4.69) is 42.2 Å². The Balaban J connectivity index is 1.99. The zero-order valence-electron chi connectivity index (χ0n) is 16.7. The molecular formula is C24H33NO2. The Morgan fingerprint density at radius 1 is 1.04 bits per heavy atom. The predicted octanol–water partition coefficient (Wildman–Crippen LogP) is 4.95. The molecule has 1 heterocycles. The summed E-state index contributed by atoms with van der Waals surface area (Å²) in [4.78, 5) is 2.51. The molecule has 0 bridgehead atoms. The van der Waals surface area contributed by atoms with Crippen molar-refractivity contribution in [3.05, 3.63) is 65.7 Å². The minimum Gasteiger partial charge on any atom is -0.497 e. The lowest BCUT2D eigenvalue weighted by Gasteiger charge is -2.39. The van der Waals surface area contributed by atoms with Gasteiger partial charge < -0.3 is 14.7 Å². The Morgan fingerprint density at radius 2 is 1.70 bits per heavy atom. The molecule has 3 heteroatoms. The SMILES string of the molecule is CCCCC(O)(c1ccc(OC)cc1)C(CN1CCCC1)c1ccccc1. The highest BCUT2D eigenvalue weighted by atomic mass is 16.5. The second kappa shape index (κ2) is 9.38. The first-order valence-corrected chi connectivity index (χ1v) is 10.3. The number of methoxy groups -OCH3 is 1. The van der Waals surface area contributed by atoms with Gasteiger partial charge in [-0.3, -0.25) is 0 Å². The normalized spacial score (nSPS) is 18.2. The van der Waals surface area contributed by atoms with E-state index in [0.29, 0.717) is 0 Å². The Hall–Kier alpha value is -1.84. The molecule has 2 atom stereocenters. The summed E-state index contributed by atoms with van der Waals surface area (Å²) in [5.74, 6) is 0.879. The van der Waals surface area contributed by atoms with Gasteiger partial charge in [0.1, 0.15) is 5.75 Å². The molecule has 2 aromatic carbocycles. The topological polar surface area (TPSA) is 32.7 Å². The number of hydrogen-bond acceptors (Lipinski definition) is 3. The molecule has 1 aliphatic heterocycles. The van der Waals surface area contributed by atoms with Crippen molar-refractivity contribution < 1.29 is 9.84 Å². The van der Waals surface area contributed by atoms with Crippen molar-refractivity contribution in [3.63, 3.8) is 0 Å². The van der Waals surface area contributed by atoms with Crippen molar-refractivity contribution in [1.82, 2.24) is 4.90 Å². The molecule has 0 saturated carbocycles. The summed E-state index contributed by atoms with van der Waals surface area (Å²) >= 11 is 0.